The monoisotopic (exact) mass is 481 g/mol. The van der Waals surface area contributed by atoms with Gasteiger partial charge in [-0.1, -0.05) is 29.3 Å². The van der Waals surface area contributed by atoms with Crippen LogP contribution in [0, 0.1) is 0 Å². The highest BCUT2D eigenvalue weighted by molar-refractivity contribution is 7.11. The van der Waals surface area contributed by atoms with Gasteiger partial charge in [0.1, 0.15) is 11.5 Å². The van der Waals surface area contributed by atoms with Crippen molar-refractivity contribution < 1.29 is 19.4 Å². The molecule has 2 heterocycles. The highest BCUT2D eigenvalue weighted by Gasteiger charge is 2.36. The Bertz CT molecular complexity index is 1110. The fourth-order valence-electron chi connectivity index (χ4n) is 3.10. The molecule has 0 radical (unpaired) electrons. The number of ether oxygens (including phenoxy) is 1. The molecule has 7 nitrogen and oxygen atoms in total. The summed E-state index contributed by atoms with van der Waals surface area (Å²) in [6, 6.07) is 4.00. The van der Waals surface area contributed by atoms with Gasteiger partial charge in [0.25, 0.3) is 0 Å². The third kappa shape index (κ3) is 4.61. The number of thiazole rings is 1. The van der Waals surface area contributed by atoms with Crippen LogP contribution in [-0.2, 0) is 19.7 Å². The van der Waals surface area contributed by atoms with Crippen LogP contribution < -0.4 is 5.32 Å². The Kier molecular flexibility index (Phi) is 6.73. The van der Waals surface area contributed by atoms with Crippen molar-refractivity contribution in [1.29, 1.82) is 0 Å². The highest BCUT2D eigenvalue weighted by atomic mass is 35.5. The summed E-state index contributed by atoms with van der Waals surface area (Å²) in [6.45, 7) is 7.16. The molecule has 1 unspecified atom stereocenters. The number of carbonyl (C=O) groups excluding carboxylic acids is 1. The molecular formula is C21H21Cl2N3O4S. The smallest absolute Gasteiger partial charge is 0.335 e. The number of rotatable bonds is 6. The summed E-state index contributed by atoms with van der Waals surface area (Å²) < 4.78 is 5.15. The number of carbonyl (C=O) groups is 2. The molecular weight excluding hydrogens is 461 g/mol. The van der Waals surface area contributed by atoms with E-state index in [4.69, 9.17) is 27.9 Å². The minimum Gasteiger partial charge on any atom is -0.478 e. The molecule has 1 atom stereocenters. The van der Waals surface area contributed by atoms with Gasteiger partial charge in [-0.15, -0.1) is 11.3 Å². The summed E-state index contributed by atoms with van der Waals surface area (Å²) in [5.41, 5.74) is 0.634. The summed E-state index contributed by atoms with van der Waals surface area (Å²) >= 11 is 13.6. The molecule has 0 saturated heterocycles. The molecule has 0 saturated carbocycles. The summed E-state index contributed by atoms with van der Waals surface area (Å²) in [5.74, 6) is -1.08. The zero-order valence-corrected chi connectivity index (χ0v) is 19.7. The van der Waals surface area contributed by atoms with Gasteiger partial charge in [0.2, 0.25) is 0 Å². The van der Waals surface area contributed by atoms with Crippen molar-refractivity contribution in [2.24, 2.45) is 4.99 Å². The fourth-order valence-corrected chi connectivity index (χ4v) is 4.54. The Balaban J connectivity index is 2.04. The topological polar surface area (TPSA) is 101 Å². The first-order chi connectivity index (χ1) is 14.6. The van der Waals surface area contributed by atoms with E-state index in [2.05, 4.69) is 15.3 Å². The lowest BCUT2D eigenvalue weighted by Crippen LogP contribution is -2.33. The second kappa shape index (κ2) is 8.98. The number of nitrogens with zero attached hydrogens (tertiary/aromatic N) is 2. The first-order valence-corrected chi connectivity index (χ1v) is 11.1. The normalized spacial score (nSPS) is 16.6. The molecule has 0 fully saturated rings. The van der Waals surface area contributed by atoms with Crippen LogP contribution in [0.25, 0.3) is 0 Å². The van der Waals surface area contributed by atoms with E-state index >= 15 is 0 Å². The average Bonchev–Trinajstić information content (AvgIpc) is 3.18. The van der Waals surface area contributed by atoms with E-state index in [0.717, 1.165) is 0 Å². The molecule has 0 amide bonds. The molecule has 10 heteroatoms. The first kappa shape index (κ1) is 23.2. The van der Waals surface area contributed by atoms with E-state index in [9.17, 15) is 14.7 Å². The van der Waals surface area contributed by atoms with Crippen molar-refractivity contribution in [1.82, 2.24) is 10.3 Å². The maximum atomic E-state index is 12.3. The molecule has 3 rings (SSSR count). The fraction of sp³-hybridized carbons (Fsp3) is 0.333. The van der Waals surface area contributed by atoms with Crippen molar-refractivity contribution in [3.8, 4) is 0 Å². The van der Waals surface area contributed by atoms with Crippen molar-refractivity contribution in [3.05, 3.63) is 61.2 Å². The standard InChI is InChI=1S/C21H21Cl2N3O4S/c1-5-30-20(29)21(3,4)14-9-31-18(25-14)17-24-10(2)15(19(27)28)16(26-17)12-7-6-11(22)8-13(12)23/h6-9,16H,5H2,1-4H3,(H,24,26)(H,27,28). The third-order valence-electron chi connectivity index (χ3n) is 4.86. The van der Waals surface area contributed by atoms with Crippen LogP contribution in [0.1, 0.15) is 50.0 Å². The van der Waals surface area contributed by atoms with Gasteiger partial charge < -0.3 is 15.2 Å². The van der Waals surface area contributed by atoms with Crippen LogP contribution in [0.4, 0.5) is 0 Å². The summed E-state index contributed by atoms with van der Waals surface area (Å²) in [6.07, 6.45) is 0. The lowest BCUT2D eigenvalue weighted by atomic mass is 9.90. The van der Waals surface area contributed by atoms with Gasteiger partial charge in [-0.2, -0.15) is 0 Å². The number of allylic oxidation sites excluding steroid dienone is 1. The number of carboxylic acid groups (broad SMARTS) is 1. The predicted octanol–water partition coefficient (Wildman–Crippen LogP) is 4.74. The van der Waals surface area contributed by atoms with Gasteiger partial charge in [0.15, 0.2) is 10.8 Å². The Morgan fingerprint density at radius 2 is 2.03 bits per heavy atom. The number of carboxylic acids is 1. The van der Waals surface area contributed by atoms with Crippen LogP contribution in [0.5, 0.6) is 0 Å². The first-order valence-electron chi connectivity index (χ1n) is 9.43. The molecule has 1 aromatic carbocycles. The Labute approximate surface area is 193 Å². The van der Waals surface area contributed by atoms with E-state index in [1.807, 2.05) is 0 Å². The average molecular weight is 482 g/mol. The Morgan fingerprint density at radius 3 is 2.65 bits per heavy atom. The van der Waals surface area contributed by atoms with E-state index < -0.39 is 17.4 Å². The maximum absolute atomic E-state index is 12.3. The lowest BCUT2D eigenvalue weighted by Gasteiger charge is -2.25. The van der Waals surface area contributed by atoms with Gasteiger partial charge in [-0.05, 0) is 39.8 Å². The SMILES string of the molecule is CCOC(=O)C(C)(C)c1csc(C2=NC(c3ccc(Cl)cc3Cl)C(C(=O)O)=C(C)N2)n1. The lowest BCUT2D eigenvalue weighted by molar-refractivity contribution is -0.149. The molecule has 31 heavy (non-hydrogen) atoms. The number of hydrogen-bond donors (Lipinski definition) is 2. The van der Waals surface area contributed by atoms with Gasteiger partial charge >= 0.3 is 11.9 Å². The second-order valence-corrected chi connectivity index (χ2v) is 9.10. The number of aromatic nitrogens is 1. The van der Waals surface area contributed by atoms with Gasteiger partial charge in [0, 0.05) is 26.7 Å². The molecule has 2 N–H and O–H groups in total. The number of nitrogens with one attached hydrogen (secondary N) is 1. The summed E-state index contributed by atoms with van der Waals surface area (Å²) in [4.78, 5) is 33.5. The van der Waals surface area contributed by atoms with E-state index in [0.29, 0.717) is 37.8 Å². The van der Waals surface area contributed by atoms with Crippen LogP contribution in [0.2, 0.25) is 10.0 Å². The van der Waals surface area contributed by atoms with Crippen molar-refractivity contribution in [2.75, 3.05) is 6.61 Å². The van der Waals surface area contributed by atoms with Crippen LogP contribution in [0.15, 0.2) is 39.8 Å². The van der Waals surface area contributed by atoms with E-state index in [1.165, 1.54) is 11.3 Å². The van der Waals surface area contributed by atoms with Gasteiger partial charge in [-0.3, -0.25) is 9.79 Å². The minimum absolute atomic E-state index is 0.0802. The zero-order chi connectivity index (χ0) is 22.9. The number of aliphatic carboxylic acids is 1. The number of hydrogen-bond acceptors (Lipinski definition) is 7. The van der Waals surface area contributed by atoms with Crippen LogP contribution >= 0.6 is 34.5 Å². The predicted molar refractivity (Wildman–Crippen MR) is 121 cm³/mol. The molecule has 0 spiro atoms. The largest absolute Gasteiger partial charge is 0.478 e. The molecule has 2 aromatic rings. The summed E-state index contributed by atoms with van der Waals surface area (Å²) in [7, 11) is 0. The van der Waals surface area contributed by atoms with Crippen molar-refractivity contribution >= 4 is 52.3 Å². The molecule has 0 aliphatic carbocycles. The maximum Gasteiger partial charge on any atom is 0.335 e. The molecule has 0 bridgehead atoms. The number of amidine groups is 1. The molecule has 164 valence electrons. The van der Waals surface area contributed by atoms with Crippen LogP contribution in [-0.4, -0.2) is 34.5 Å². The highest BCUT2D eigenvalue weighted by Crippen LogP contribution is 2.37. The minimum atomic E-state index is -1.10. The molecule has 1 aliphatic rings. The quantitative estimate of drug-likeness (QED) is 0.577. The Morgan fingerprint density at radius 1 is 1.32 bits per heavy atom. The van der Waals surface area contributed by atoms with Gasteiger partial charge in [-0.25, -0.2) is 9.78 Å². The Hall–Kier alpha value is -2.42. The van der Waals surface area contributed by atoms with Crippen molar-refractivity contribution in [2.45, 2.75) is 39.2 Å². The van der Waals surface area contributed by atoms with E-state index in [1.54, 1.807) is 51.3 Å². The van der Waals surface area contributed by atoms with Crippen molar-refractivity contribution in [3.63, 3.8) is 0 Å². The zero-order valence-electron chi connectivity index (χ0n) is 17.3. The second-order valence-electron chi connectivity index (χ2n) is 7.40. The summed E-state index contributed by atoms with van der Waals surface area (Å²) in [5, 5.41) is 15.8. The third-order valence-corrected chi connectivity index (χ3v) is 6.27. The molecule has 1 aromatic heterocycles. The molecule has 1 aliphatic heterocycles. The van der Waals surface area contributed by atoms with Crippen LogP contribution in [0.3, 0.4) is 0 Å². The number of esters is 1. The van der Waals surface area contributed by atoms with Gasteiger partial charge in [0.05, 0.1) is 17.9 Å². The number of benzene rings is 1. The number of halogens is 2. The number of aliphatic imine (C=N–C) groups is 1. The van der Waals surface area contributed by atoms with E-state index in [-0.39, 0.29) is 18.1 Å².